The highest BCUT2D eigenvalue weighted by molar-refractivity contribution is 14.1. The van der Waals surface area contributed by atoms with Gasteiger partial charge in [-0.15, -0.1) is 0 Å². The summed E-state index contributed by atoms with van der Waals surface area (Å²) in [6.07, 6.45) is 1.79. The highest BCUT2D eigenvalue weighted by Gasteiger charge is 2.06. The lowest BCUT2D eigenvalue weighted by Crippen LogP contribution is -1.83. The number of allylic oxidation sites excluding steroid dienone is 1. The molecule has 0 bridgehead atoms. The van der Waals surface area contributed by atoms with E-state index < -0.39 is 0 Å². The van der Waals surface area contributed by atoms with Crippen molar-refractivity contribution in [3.63, 3.8) is 0 Å². The zero-order valence-corrected chi connectivity index (χ0v) is 15.4. The predicted molar refractivity (Wildman–Crippen MR) is 96.1 cm³/mol. The van der Waals surface area contributed by atoms with Crippen LogP contribution in [-0.2, 0) is 0 Å². The summed E-state index contributed by atoms with van der Waals surface area (Å²) in [5.74, 6) is 0.148. The number of halogens is 3. The Morgan fingerprint density at radius 2 is 1.70 bits per heavy atom. The number of rotatable bonds is 2. The first-order chi connectivity index (χ1) is 9.51. The molecule has 0 saturated heterocycles. The van der Waals surface area contributed by atoms with E-state index in [1.54, 1.807) is 18.2 Å². The smallest absolute Gasteiger partial charge is 0.143 e. The van der Waals surface area contributed by atoms with Gasteiger partial charge >= 0.3 is 0 Å². The standard InChI is InChI=1S/C15H8Br2INO/c16-13-6-9(7-14(17)15(13)20)5-11(8-19)10-1-3-12(18)4-2-10/h1-7,20H/b11-5-. The Kier molecular flexibility index (Phi) is 5.24. The Bertz CT molecular complexity index is 695. The van der Waals surface area contributed by atoms with E-state index in [9.17, 15) is 10.4 Å². The Morgan fingerprint density at radius 1 is 1.15 bits per heavy atom. The molecule has 2 aromatic rings. The summed E-state index contributed by atoms with van der Waals surface area (Å²) in [6.45, 7) is 0. The second kappa shape index (κ2) is 6.74. The van der Waals surface area contributed by atoms with Crippen LogP contribution in [0.25, 0.3) is 11.6 Å². The number of phenols is 1. The van der Waals surface area contributed by atoms with Crippen molar-refractivity contribution in [3.8, 4) is 11.8 Å². The summed E-state index contributed by atoms with van der Waals surface area (Å²) in [7, 11) is 0. The van der Waals surface area contributed by atoms with Gasteiger partial charge in [-0.2, -0.15) is 5.26 Å². The van der Waals surface area contributed by atoms with Crippen molar-refractivity contribution in [1.82, 2.24) is 0 Å². The van der Waals surface area contributed by atoms with E-state index in [-0.39, 0.29) is 5.75 Å². The summed E-state index contributed by atoms with van der Waals surface area (Å²) >= 11 is 8.79. The molecule has 100 valence electrons. The first kappa shape index (κ1) is 15.5. The normalized spacial score (nSPS) is 11.2. The maximum absolute atomic E-state index is 9.69. The van der Waals surface area contributed by atoms with Crippen LogP contribution in [0.4, 0.5) is 0 Å². The lowest BCUT2D eigenvalue weighted by molar-refractivity contribution is 0.468. The highest BCUT2D eigenvalue weighted by atomic mass is 127. The fourth-order valence-corrected chi connectivity index (χ4v) is 3.23. The minimum Gasteiger partial charge on any atom is -0.506 e. The number of nitriles is 1. The van der Waals surface area contributed by atoms with Crippen LogP contribution in [0.2, 0.25) is 0 Å². The van der Waals surface area contributed by atoms with Gasteiger partial charge in [-0.3, -0.25) is 0 Å². The van der Waals surface area contributed by atoms with Crippen LogP contribution in [-0.4, -0.2) is 5.11 Å². The average Bonchev–Trinajstić information content (AvgIpc) is 2.43. The van der Waals surface area contributed by atoms with E-state index in [2.05, 4.69) is 60.5 Å². The largest absolute Gasteiger partial charge is 0.506 e. The molecule has 0 aliphatic heterocycles. The molecule has 5 heteroatoms. The van der Waals surface area contributed by atoms with Crippen molar-refractivity contribution in [1.29, 1.82) is 5.26 Å². The van der Waals surface area contributed by atoms with Crippen LogP contribution >= 0.6 is 54.5 Å². The van der Waals surface area contributed by atoms with E-state index in [1.165, 1.54) is 0 Å². The molecular weight excluding hydrogens is 497 g/mol. The molecule has 1 N–H and O–H groups in total. The molecule has 2 aromatic carbocycles. The zero-order chi connectivity index (χ0) is 14.7. The molecule has 20 heavy (non-hydrogen) atoms. The van der Waals surface area contributed by atoms with Gasteiger partial charge < -0.3 is 5.11 Å². The Labute approximate surface area is 147 Å². The molecule has 0 spiro atoms. The molecule has 0 saturated carbocycles. The van der Waals surface area contributed by atoms with Gasteiger partial charge in [-0.25, -0.2) is 0 Å². The average molecular weight is 505 g/mol. The summed E-state index contributed by atoms with van der Waals surface area (Å²) in [5, 5.41) is 19.0. The predicted octanol–water partition coefficient (Wildman–Crippen LogP) is 5.59. The first-order valence-electron chi connectivity index (χ1n) is 5.57. The third-order valence-corrected chi connectivity index (χ3v) is 4.55. The fourth-order valence-electron chi connectivity index (χ4n) is 1.64. The van der Waals surface area contributed by atoms with Gasteiger partial charge in [0.15, 0.2) is 0 Å². The molecule has 0 aromatic heterocycles. The fraction of sp³-hybridized carbons (Fsp3) is 0. The molecule has 0 heterocycles. The van der Waals surface area contributed by atoms with Crippen molar-refractivity contribution in [3.05, 3.63) is 60.0 Å². The number of nitrogens with zero attached hydrogens (tertiary/aromatic N) is 1. The molecule has 0 aliphatic rings. The molecule has 0 unspecified atom stereocenters. The monoisotopic (exact) mass is 503 g/mol. The Balaban J connectivity index is 2.47. The van der Waals surface area contributed by atoms with Crippen LogP contribution in [0.5, 0.6) is 5.75 Å². The first-order valence-corrected chi connectivity index (χ1v) is 8.23. The number of aromatic hydroxyl groups is 1. The van der Waals surface area contributed by atoms with E-state index in [0.717, 1.165) is 14.7 Å². The summed E-state index contributed by atoms with van der Waals surface area (Å²) in [6, 6.07) is 13.5. The minimum absolute atomic E-state index is 0.148. The van der Waals surface area contributed by atoms with Gasteiger partial charge in [0.2, 0.25) is 0 Å². The van der Waals surface area contributed by atoms with Crippen molar-refractivity contribution in [2.24, 2.45) is 0 Å². The molecule has 0 fully saturated rings. The second-order valence-electron chi connectivity index (χ2n) is 4.01. The lowest BCUT2D eigenvalue weighted by atomic mass is 10.0. The van der Waals surface area contributed by atoms with Crippen LogP contribution < -0.4 is 0 Å². The van der Waals surface area contributed by atoms with E-state index in [4.69, 9.17) is 0 Å². The van der Waals surface area contributed by atoms with Gasteiger partial charge in [-0.1, -0.05) is 12.1 Å². The van der Waals surface area contributed by atoms with Crippen LogP contribution in [0.15, 0.2) is 45.3 Å². The van der Waals surface area contributed by atoms with Gasteiger partial charge in [0.05, 0.1) is 20.6 Å². The van der Waals surface area contributed by atoms with Crippen molar-refractivity contribution < 1.29 is 5.11 Å². The maximum Gasteiger partial charge on any atom is 0.143 e. The summed E-state index contributed by atoms with van der Waals surface area (Å²) in [4.78, 5) is 0. The number of phenolic OH excluding ortho intramolecular Hbond substituents is 1. The van der Waals surface area contributed by atoms with Gasteiger partial charge in [0.1, 0.15) is 5.75 Å². The minimum atomic E-state index is 0.148. The third-order valence-electron chi connectivity index (χ3n) is 2.63. The molecule has 2 rings (SSSR count). The topological polar surface area (TPSA) is 44.0 Å². The van der Waals surface area contributed by atoms with Gasteiger partial charge in [-0.05, 0) is 95.9 Å². The van der Waals surface area contributed by atoms with E-state index in [0.29, 0.717) is 14.5 Å². The van der Waals surface area contributed by atoms with Crippen LogP contribution in [0.1, 0.15) is 11.1 Å². The SMILES string of the molecule is N#C/C(=C/c1cc(Br)c(O)c(Br)c1)c1ccc(I)cc1. The van der Waals surface area contributed by atoms with Crippen molar-refractivity contribution >= 4 is 66.1 Å². The van der Waals surface area contributed by atoms with Gasteiger partial charge in [0, 0.05) is 3.57 Å². The molecule has 0 atom stereocenters. The zero-order valence-electron chi connectivity index (χ0n) is 10.1. The number of hydrogen-bond donors (Lipinski definition) is 1. The molecule has 2 nitrogen and oxygen atoms in total. The maximum atomic E-state index is 9.69. The highest BCUT2D eigenvalue weighted by Crippen LogP contribution is 2.34. The Morgan fingerprint density at radius 3 is 2.20 bits per heavy atom. The second-order valence-corrected chi connectivity index (χ2v) is 6.96. The number of benzene rings is 2. The molecule has 0 radical (unpaired) electrons. The number of hydrogen-bond acceptors (Lipinski definition) is 2. The summed E-state index contributed by atoms with van der Waals surface area (Å²) in [5.41, 5.74) is 2.27. The molecule has 0 amide bonds. The van der Waals surface area contributed by atoms with Crippen molar-refractivity contribution in [2.75, 3.05) is 0 Å². The van der Waals surface area contributed by atoms with Gasteiger partial charge in [0.25, 0.3) is 0 Å². The summed E-state index contributed by atoms with van der Waals surface area (Å²) < 4.78 is 2.29. The third kappa shape index (κ3) is 3.62. The lowest BCUT2D eigenvalue weighted by Gasteiger charge is -2.04. The molecular formula is C15H8Br2INO. The quantitative estimate of drug-likeness (QED) is 0.329. The Hall–Kier alpha value is -0.840. The van der Waals surface area contributed by atoms with Crippen LogP contribution in [0, 0.1) is 14.9 Å². The molecule has 0 aliphatic carbocycles. The van der Waals surface area contributed by atoms with E-state index in [1.807, 2.05) is 24.3 Å². The van der Waals surface area contributed by atoms with Crippen molar-refractivity contribution in [2.45, 2.75) is 0 Å². The van der Waals surface area contributed by atoms with Crippen LogP contribution in [0.3, 0.4) is 0 Å². The van der Waals surface area contributed by atoms with E-state index >= 15 is 0 Å².